The fourth-order valence-electron chi connectivity index (χ4n) is 0.931. The minimum absolute atomic E-state index is 0.209. The van der Waals surface area contributed by atoms with Crippen LogP contribution in [-0.2, 0) is 6.54 Å². The molecule has 1 aromatic heterocycles. The highest BCUT2D eigenvalue weighted by Crippen LogP contribution is 2.11. The molecule has 3 nitrogen and oxygen atoms in total. The molecule has 0 saturated carbocycles. The Morgan fingerprint density at radius 3 is 3.00 bits per heavy atom. The van der Waals surface area contributed by atoms with E-state index >= 15 is 0 Å². The van der Waals surface area contributed by atoms with Crippen molar-refractivity contribution in [2.24, 2.45) is 5.73 Å². The van der Waals surface area contributed by atoms with Crippen molar-refractivity contribution in [2.75, 3.05) is 0 Å². The Morgan fingerprint density at radius 1 is 1.62 bits per heavy atom. The molecule has 0 radical (unpaired) electrons. The van der Waals surface area contributed by atoms with Crippen molar-refractivity contribution < 1.29 is 4.74 Å². The van der Waals surface area contributed by atoms with Crippen molar-refractivity contribution in [2.45, 2.75) is 32.9 Å². The standard InChI is InChI=1S/C10H16N2O/c1-3-8(2)13-10-6-9(7-11)4-5-12-10/h4-6,8H,3,7,11H2,1-2H3. The highest BCUT2D eigenvalue weighted by molar-refractivity contribution is 5.20. The molecule has 72 valence electrons. The van der Waals surface area contributed by atoms with Gasteiger partial charge in [0.05, 0.1) is 6.10 Å². The van der Waals surface area contributed by atoms with Gasteiger partial charge in [-0.05, 0) is 25.0 Å². The summed E-state index contributed by atoms with van der Waals surface area (Å²) in [5, 5.41) is 0. The summed E-state index contributed by atoms with van der Waals surface area (Å²) in [7, 11) is 0. The van der Waals surface area contributed by atoms with E-state index in [0.717, 1.165) is 12.0 Å². The molecule has 1 rings (SSSR count). The van der Waals surface area contributed by atoms with Crippen LogP contribution in [0.4, 0.5) is 0 Å². The zero-order chi connectivity index (χ0) is 9.68. The Bertz CT molecular complexity index is 263. The molecule has 0 saturated heterocycles. The van der Waals surface area contributed by atoms with Gasteiger partial charge in [0, 0.05) is 18.8 Å². The molecule has 2 N–H and O–H groups in total. The number of rotatable bonds is 4. The van der Waals surface area contributed by atoms with Crippen LogP contribution in [0.1, 0.15) is 25.8 Å². The van der Waals surface area contributed by atoms with Gasteiger partial charge in [-0.2, -0.15) is 0 Å². The fourth-order valence-corrected chi connectivity index (χ4v) is 0.931. The first-order chi connectivity index (χ1) is 6.26. The average molecular weight is 180 g/mol. The third kappa shape index (κ3) is 3.03. The summed E-state index contributed by atoms with van der Waals surface area (Å²) < 4.78 is 5.54. The Morgan fingerprint density at radius 2 is 2.38 bits per heavy atom. The monoisotopic (exact) mass is 180 g/mol. The second kappa shape index (κ2) is 4.82. The molecular weight excluding hydrogens is 164 g/mol. The van der Waals surface area contributed by atoms with Crippen LogP contribution in [0.15, 0.2) is 18.3 Å². The molecule has 0 aromatic carbocycles. The molecule has 3 heteroatoms. The number of aromatic nitrogens is 1. The van der Waals surface area contributed by atoms with Gasteiger partial charge in [-0.3, -0.25) is 0 Å². The molecule has 0 aliphatic rings. The Kier molecular flexibility index (Phi) is 3.71. The average Bonchev–Trinajstić information content (AvgIpc) is 2.18. The maximum atomic E-state index is 5.54. The van der Waals surface area contributed by atoms with Crippen molar-refractivity contribution in [3.63, 3.8) is 0 Å². The minimum Gasteiger partial charge on any atom is -0.475 e. The van der Waals surface area contributed by atoms with Crippen LogP contribution < -0.4 is 10.5 Å². The van der Waals surface area contributed by atoms with Gasteiger partial charge in [0.25, 0.3) is 0 Å². The summed E-state index contributed by atoms with van der Waals surface area (Å²) in [4.78, 5) is 4.10. The minimum atomic E-state index is 0.209. The van der Waals surface area contributed by atoms with Gasteiger partial charge in [0.1, 0.15) is 0 Å². The van der Waals surface area contributed by atoms with Crippen LogP contribution in [0.2, 0.25) is 0 Å². The van der Waals surface area contributed by atoms with E-state index in [0.29, 0.717) is 12.4 Å². The van der Waals surface area contributed by atoms with Crippen LogP contribution in [0.25, 0.3) is 0 Å². The van der Waals surface area contributed by atoms with Crippen LogP contribution in [0.5, 0.6) is 5.88 Å². The SMILES string of the molecule is CCC(C)Oc1cc(CN)ccn1. The van der Waals surface area contributed by atoms with E-state index in [4.69, 9.17) is 10.5 Å². The number of nitrogens with two attached hydrogens (primary N) is 1. The third-order valence-electron chi connectivity index (χ3n) is 1.93. The van der Waals surface area contributed by atoms with Crippen LogP contribution in [0.3, 0.4) is 0 Å². The molecule has 1 heterocycles. The quantitative estimate of drug-likeness (QED) is 0.767. The van der Waals surface area contributed by atoms with Gasteiger partial charge in [-0.1, -0.05) is 6.92 Å². The Hall–Kier alpha value is -1.09. The van der Waals surface area contributed by atoms with E-state index in [1.54, 1.807) is 6.20 Å². The predicted octanol–water partition coefficient (Wildman–Crippen LogP) is 1.72. The zero-order valence-corrected chi connectivity index (χ0v) is 8.16. The van der Waals surface area contributed by atoms with Gasteiger partial charge in [-0.15, -0.1) is 0 Å². The van der Waals surface area contributed by atoms with Crippen molar-refractivity contribution in [3.05, 3.63) is 23.9 Å². The van der Waals surface area contributed by atoms with E-state index in [-0.39, 0.29) is 6.10 Å². The van der Waals surface area contributed by atoms with E-state index in [1.807, 2.05) is 19.1 Å². The largest absolute Gasteiger partial charge is 0.475 e. The van der Waals surface area contributed by atoms with E-state index in [2.05, 4.69) is 11.9 Å². The predicted molar refractivity (Wildman–Crippen MR) is 52.5 cm³/mol. The number of nitrogens with zero attached hydrogens (tertiary/aromatic N) is 1. The molecule has 1 unspecified atom stereocenters. The molecule has 0 bridgehead atoms. The lowest BCUT2D eigenvalue weighted by Gasteiger charge is -2.11. The van der Waals surface area contributed by atoms with Gasteiger partial charge >= 0.3 is 0 Å². The summed E-state index contributed by atoms with van der Waals surface area (Å²) in [5.74, 6) is 0.664. The van der Waals surface area contributed by atoms with Crippen molar-refractivity contribution in [1.82, 2.24) is 4.98 Å². The third-order valence-corrected chi connectivity index (χ3v) is 1.93. The number of ether oxygens (including phenoxy) is 1. The first-order valence-corrected chi connectivity index (χ1v) is 4.58. The summed E-state index contributed by atoms with van der Waals surface area (Å²) >= 11 is 0. The van der Waals surface area contributed by atoms with Gasteiger partial charge in [0.2, 0.25) is 5.88 Å². The Balaban J connectivity index is 2.66. The Labute approximate surface area is 78.9 Å². The molecule has 0 amide bonds. The second-order valence-corrected chi connectivity index (χ2v) is 3.04. The highest BCUT2D eigenvalue weighted by Gasteiger charge is 2.01. The summed E-state index contributed by atoms with van der Waals surface area (Å²) in [6.07, 6.45) is 2.91. The molecule has 13 heavy (non-hydrogen) atoms. The van der Waals surface area contributed by atoms with E-state index in [1.165, 1.54) is 0 Å². The van der Waals surface area contributed by atoms with Gasteiger partial charge in [0.15, 0.2) is 0 Å². The zero-order valence-electron chi connectivity index (χ0n) is 8.16. The summed E-state index contributed by atoms with van der Waals surface area (Å²) in [5.41, 5.74) is 6.55. The van der Waals surface area contributed by atoms with Crippen LogP contribution in [-0.4, -0.2) is 11.1 Å². The van der Waals surface area contributed by atoms with Crippen LogP contribution >= 0.6 is 0 Å². The molecule has 1 atom stereocenters. The van der Waals surface area contributed by atoms with Crippen molar-refractivity contribution in [1.29, 1.82) is 0 Å². The lowest BCUT2D eigenvalue weighted by molar-refractivity contribution is 0.208. The van der Waals surface area contributed by atoms with E-state index < -0.39 is 0 Å². The van der Waals surface area contributed by atoms with Gasteiger partial charge < -0.3 is 10.5 Å². The smallest absolute Gasteiger partial charge is 0.213 e. The molecule has 0 fully saturated rings. The maximum absolute atomic E-state index is 5.54. The molecule has 1 aromatic rings. The number of hydrogen-bond acceptors (Lipinski definition) is 3. The molecule has 0 aliphatic heterocycles. The topological polar surface area (TPSA) is 48.1 Å². The van der Waals surface area contributed by atoms with Crippen molar-refractivity contribution in [3.8, 4) is 5.88 Å². The van der Waals surface area contributed by atoms with Crippen LogP contribution in [0, 0.1) is 0 Å². The summed E-state index contributed by atoms with van der Waals surface area (Å²) in [6, 6.07) is 3.77. The lowest BCUT2D eigenvalue weighted by Crippen LogP contribution is -2.11. The fraction of sp³-hybridized carbons (Fsp3) is 0.500. The van der Waals surface area contributed by atoms with Crippen molar-refractivity contribution >= 4 is 0 Å². The number of hydrogen-bond donors (Lipinski definition) is 1. The number of pyridine rings is 1. The molecular formula is C10H16N2O. The normalized spacial score (nSPS) is 12.5. The first kappa shape index (κ1) is 9.99. The first-order valence-electron chi connectivity index (χ1n) is 4.58. The summed E-state index contributed by atoms with van der Waals surface area (Å²) in [6.45, 7) is 4.63. The van der Waals surface area contributed by atoms with Gasteiger partial charge in [-0.25, -0.2) is 4.98 Å². The maximum Gasteiger partial charge on any atom is 0.213 e. The molecule has 0 aliphatic carbocycles. The van der Waals surface area contributed by atoms with E-state index in [9.17, 15) is 0 Å². The second-order valence-electron chi connectivity index (χ2n) is 3.04. The lowest BCUT2D eigenvalue weighted by atomic mass is 10.2. The highest BCUT2D eigenvalue weighted by atomic mass is 16.5. The molecule has 0 spiro atoms.